The van der Waals surface area contributed by atoms with E-state index in [2.05, 4.69) is 11.4 Å². The predicted molar refractivity (Wildman–Crippen MR) is 67.6 cm³/mol. The van der Waals surface area contributed by atoms with E-state index in [1.165, 1.54) is 0 Å². The first-order chi connectivity index (χ1) is 8.15. The van der Waals surface area contributed by atoms with E-state index in [9.17, 15) is 4.79 Å². The van der Waals surface area contributed by atoms with E-state index in [1.54, 1.807) is 12.1 Å². The van der Waals surface area contributed by atoms with Gasteiger partial charge in [0.05, 0.1) is 18.9 Å². The molecule has 1 atom stereocenters. The number of benzene rings is 1. The lowest BCUT2D eigenvalue weighted by Gasteiger charge is -2.13. The summed E-state index contributed by atoms with van der Waals surface area (Å²) in [6.45, 7) is 1.95. The fraction of sp³-hybridized carbons (Fsp3) is 0.385. The van der Waals surface area contributed by atoms with Crippen LogP contribution in [0.15, 0.2) is 24.3 Å². The Morgan fingerprint density at radius 2 is 2.12 bits per heavy atom. The second kappa shape index (κ2) is 6.93. The van der Waals surface area contributed by atoms with Crippen molar-refractivity contribution < 1.29 is 4.79 Å². The zero-order valence-electron chi connectivity index (χ0n) is 9.74. The normalized spacial score (nSPS) is 11.6. The highest BCUT2D eigenvalue weighted by Crippen LogP contribution is 2.10. The van der Waals surface area contributed by atoms with Gasteiger partial charge >= 0.3 is 0 Å². The van der Waals surface area contributed by atoms with Gasteiger partial charge in [-0.3, -0.25) is 4.79 Å². The Kier molecular flexibility index (Phi) is 5.51. The van der Waals surface area contributed by atoms with Gasteiger partial charge in [0.1, 0.15) is 0 Å². The monoisotopic (exact) mass is 250 g/mol. The van der Waals surface area contributed by atoms with Crippen molar-refractivity contribution in [3.8, 4) is 6.07 Å². The maximum Gasteiger partial charge on any atom is 0.224 e. The van der Waals surface area contributed by atoms with Crippen LogP contribution in [-0.4, -0.2) is 11.9 Å². The molecule has 90 valence electrons. The maximum absolute atomic E-state index is 11.7. The smallest absolute Gasteiger partial charge is 0.224 e. The minimum Gasteiger partial charge on any atom is -0.352 e. The summed E-state index contributed by atoms with van der Waals surface area (Å²) in [6.07, 6.45) is 1.43. The Hall–Kier alpha value is -1.53. The number of rotatable bonds is 5. The van der Waals surface area contributed by atoms with Crippen LogP contribution in [0.1, 0.15) is 25.3 Å². The largest absolute Gasteiger partial charge is 0.352 e. The Labute approximate surface area is 106 Å². The van der Waals surface area contributed by atoms with Crippen molar-refractivity contribution in [3.05, 3.63) is 34.9 Å². The van der Waals surface area contributed by atoms with Crippen molar-refractivity contribution in [3.63, 3.8) is 0 Å². The van der Waals surface area contributed by atoms with E-state index < -0.39 is 0 Å². The molecule has 1 N–H and O–H groups in total. The summed E-state index contributed by atoms with van der Waals surface area (Å²) in [7, 11) is 0. The van der Waals surface area contributed by atoms with Crippen LogP contribution in [0.3, 0.4) is 0 Å². The van der Waals surface area contributed by atoms with Gasteiger partial charge in [-0.1, -0.05) is 30.7 Å². The van der Waals surface area contributed by atoms with Crippen LogP contribution in [0, 0.1) is 11.3 Å². The SMILES string of the molecule is CCC(CC#N)NC(=O)Cc1ccc(Cl)cc1. The number of halogens is 1. The summed E-state index contributed by atoms with van der Waals surface area (Å²) in [5.74, 6) is -0.0607. The molecule has 0 saturated heterocycles. The van der Waals surface area contributed by atoms with E-state index in [-0.39, 0.29) is 11.9 Å². The van der Waals surface area contributed by atoms with Gasteiger partial charge in [0.2, 0.25) is 5.91 Å². The van der Waals surface area contributed by atoms with Crippen molar-refractivity contribution in [2.45, 2.75) is 32.2 Å². The van der Waals surface area contributed by atoms with Gasteiger partial charge in [0.25, 0.3) is 0 Å². The lowest BCUT2D eigenvalue weighted by molar-refractivity contribution is -0.121. The fourth-order valence-corrected chi connectivity index (χ4v) is 1.60. The average Bonchev–Trinajstić information content (AvgIpc) is 2.31. The third-order valence-corrected chi connectivity index (χ3v) is 2.73. The lowest BCUT2D eigenvalue weighted by Crippen LogP contribution is -2.35. The van der Waals surface area contributed by atoms with E-state index in [1.807, 2.05) is 19.1 Å². The number of nitrogens with one attached hydrogen (secondary N) is 1. The van der Waals surface area contributed by atoms with E-state index >= 15 is 0 Å². The van der Waals surface area contributed by atoms with Crippen molar-refractivity contribution in [1.29, 1.82) is 5.26 Å². The van der Waals surface area contributed by atoms with Crippen molar-refractivity contribution in [2.24, 2.45) is 0 Å². The second-order valence-corrected chi connectivity index (χ2v) is 4.27. The second-order valence-electron chi connectivity index (χ2n) is 3.84. The van der Waals surface area contributed by atoms with Gasteiger partial charge in [-0.15, -0.1) is 0 Å². The first kappa shape index (κ1) is 13.5. The minimum atomic E-state index is -0.0607. The Morgan fingerprint density at radius 3 is 2.65 bits per heavy atom. The van der Waals surface area contributed by atoms with Crippen LogP contribution in [-0.2, 0) is 11.2 Å². The van der Waals surface area contributed by atoms with Crippen LogP contribution in [0.25, 0.3) is 0 Å². The van der Waals surface area contributed by atoms with Crippen LogP contribution in [0.2, 0.25) is 5.02 Å². The van der Waals surface area contributed by atoms with E-state index in [4.69, 9.17) is 16.9 Å². The summed E-state index contributed by atoms with van der Waals surface area (Å²) in [6, 6.07) is 9.18. The van der Waals surface area contributed by atoms with E-state index in [0.717, 1.165) is 12.0 Å². The molecular formula is C13H15ClN2O. The topological polar surface area (TPSA) is 52.9 Å². The molecule has 17 heavy (non-hydrogen) atoms. The molecule has 3 nitrogen and oxygen atoms in total. The summed E-state index contributed by atoms with van der Waals surface area (Å²) in [5, 5.41) is 12.1. The van der Waals surface area contributed by atoms with Crippen molar-refractivity contribution in [1.82, 2.24) is 5.32 Å². The molecule has 4 heteroatoms. The maximum atomic E-state index is 11.7. The number of amides is 1. The molecule has 0 aliphatic carbocycles. The molecule has 0 aliphatic heterocycles. The molecule has 1 aromatic carbocycles. The Balaban J connectivity index is 2.49. The average molecular weight is 251 g/mol. The first-order valence-electron chi connectivity index (χ1n) is 5.56. The molecule has 0 aromatic heterocycles. The molecule has 1 amide bonds. The minimum absolute atomic E-state index is 0.0557. The van der Waals surface area contributed by atoms with Gasteiger partial charge in [-0.25, -0.2) is 0 Å². The zero-order chi connectivity index (χ0) is 12.7. The number of nitrogens with zero attached hydrogens (tertiary/aromatic N) is 1. The third-order valence-electron chi connectivity index (χ3n) is 2.47. The number of carbonyl (C=O) groups is 1. The van der Waals surface area contributed by atoms with Gasteiger partial charge in [0.15, 0.2) is 0 Å². The highest BCUT2D eigenvalue weighted by Gasteiger charge is 2.10. The molecular weight excluding hydrogens is 236 g/mol. The molecule has 1 rings (SSSR count). The van der Waals surface area contributed by atoms with E-state index in [0.29, 0.717) is 17.9 Å². The molecule has 1 aromatic rings. The first-order valence-corrected chi connectivity index (χ1v) is 5.94. The van der Waals surface area contributed by atoms with Crippen LogP contribution >= 0.6 is 11.6 Å². The zero-order valence-corrected chi connectivity index (χ0v) is 10.5. The van der Waals surface area contributed by atoms with Crippen molar-refractivity contribution in [2.75, 3.05) is 0 Å². The molecule has 0 radical (unpaired) electrons. The fourth-order valence-electron chi connectivity index (χ4n) is 1.47. The Morgan fingerprint density at radius 1 is 1.47 bits per heavy atom. The highest BCUT2D eigenvalue weighted by atomic mass is 35.5. The summed E-state index contributed by atoms with van der Waals surface area (Å²) < 4.78 is 0. The molecule has 0 heterocycles. The van der Waals surface area contributed by atoms with Crippen LogP contribution in [0.4, 0.5) is 0 Å². The van der Waals surface area contributed by atoms with Gasteiger partial charge in [0, 0.05) is 11.1 Å². The molecule has 0 bridgehead atoms. The van der Waals surface area contributed by atoms with Gasteiger partial charge in [-0.05, 0) is 24.1 Å². The number of nitriles is 1. The molecule has 0 fully saturated rings. The van der Waals surface area contributed by atoms with Crippen LogP contribution in [0.5, 0.6) is 0 Å². The third kappa shape index (κ3) is 4.88. The number of hydrogen-bond acceptors (Lipinski definition) is 2. The molecule has 0 aliphatic rings. The quantitative estimate of drug-likeness (QED) is 0.874. The van der Waals surface area contributed by atoms with Gasteiger partial charge in [-0.2, -0.15) is 5.26 Å². The number of carbonyl (C=O) groups excluding carboxylic acids is 1. The van der Waals surface area contributed by atoms with Crippen LogP contribution < -0.4 is 5.32 Å². The lowest BCUT2D eigenvalue weighted by atomic mass is 10.1. The standard InChI is InChI=1S/C13H15ClN2O/c1-2-12(7-8-15)16-13(17)9-10-3-5-11(14)6-4-10/h3-6,12H,2,7,9H2,1H3,(H,16,17). The predicted octanol–water partition coefficient (Wildman–Crippen LogP) is 2.69. The highest BCUT2D eigenvalue weighted by molar-refractivity contribution is 6.30. The summed E-state index contributed by atoms with van der Waals surface area (Å²) >= 11 is 5.76. The molecule has 1 unspecified atom stereocenters. The molecule has 0 spiro atoms. The number of hydrogen-bond donors (Lipinski definition) is 1. The summed E-state index contributed by atoms with van der Waals surface area (Å²) in [4.78, 5) is 11.7. The Bertz CT molecular complexity index is 408. The summed E-state index contributed by atoms with van der Waals surface area (Å²) in [5.41, 5.74) is 0.915. The van der Waals surface area contributed by atoms with Gasteiger partial charge < -0.3 is 5.32 Å². The van der Waals surface area contributed by atoms with Crippen molar-refractivity contribution >= 4 is 17.5 Å². The molecule has 0 saturated carbocycles.